The van der Waals surface area contributed by atoms with Gasteiger partial charge in [-0.25, -0.2) is 0 Å². The minimum absolute atomic E-state index is 0.151. The summed E-state index contributed by atoms with van der Waals surface area (Å²) in [7, 11) is 0. The number of aliphatic carboxylic acids is 1. The average Bonchev–Trinajstić information content (AvgIpc) is 2.14. The summed E-state index contributed by atoms with van der Waals surface area (Å²) in [4.78, 5) is 11.7. The molecule has 0 aromatic heterocycles. The number of hydrogen-bond acceptors (Lipinski definition) is 1. The molecule has 0 aromatic carbocycles. The van der Waals surface area contributed by atoms with Crippen LogP contribution in [0.15, 0.2) is 0 Å². The zero-order chi connectivity index (χ0) is 13.5. The highest BCUT2D eigenvalue weighted by Gasteiger charge is 2.51. The second kappa shape index (κ2) is 4.29. The van der Waals surface area contributed by atoms with Crippen LogP contribution < -0.4 is 0 Å². The van der Waals surface area contributed by atoms with Crippen molar-refractivity contribution in [3.63, 3.8) is 0 Å². The topological polar surface area (TPSA) is 37.3 Å². The van der Waals surface area contributed by atoms with Crippen molar-refractivity contribution in [2.24, 2.45) is 22.2 Å². The van der Waals surface area contributed by atoms with Crippen LogP contribution in [-0.2, 0) is 4.79 Å². The lowest BCUT2D eigenvalue weighted by Gasteiger charge is -2.48. The molecule has 0 saturated heterocycles. The predicted octanol–water partition coefficient (Wildman–Crippen LogP) is 4.34. The maximum Gasteiger partial charge on any atom is 0.310 e. The van der Waals surface area contributed by atoms with Crippen molar-refractivity contribution >= 4 is 5.97 Å². The lowest BCUT2D eigenvalue weighted by Crippen LogP contribution is -2.46. The van der Waals surface area contributed by atoms with Crippen molar-refractivity contribution in [3.8, 4) is 0 Å². The minimum atomic E-state index is -0.600. The number of carboxylic acids is 1. The molecule has 0 atom stereocenters. The Balaban J connectivity index is 2.87. The third-order valence-corrected chi connectivity index (χ3v) is 4.91. The molecule has 1 aliphatic carbocycles. The van der Waals surface area contributed by atoms with Gasteiger partial charge in [0.15, 0.2) is 0 Å². The van der Waals surface area contributed by atoms with Crippen molar-refractivity contribution < 1.29 is 9.90 Å². The minimum Gasteiger partial charge on any atom is -0.481 e. The maximum atomic E-state index is 11.7. The SMILES string of the molecule is CC(C)(C)C1CCC(C(=O)O)(C(C)(C)C)CC1. The van der Waals surface area contributed by atoms with Crippen molar-refractivity contribution in [1.82, 2.24) is 0 Å². The summed E-state index contributed by atoms with van der Waals surface area (Å²) in [6, 6.07) is 0. The van der Waals surface area contributed by atoms with E-state index in [9.17, 15) is 9.90 Å². The molecule has 1 rings (SSSR count). The molecule has 0 amide bonds. The van der Waals surface area contributed by atoms with Crippen LogP contribution in [0.25, 0.3) is 0 Å². The van der Waals surface area contributed by atoms with E-state index in [-0.39, 0.29) is 5.41 Å². The van der Waals surface area contributed by atoms with Gasteiger partial charge in [-0.1, -0.05) is 41.5 Å². The van der Waals surface area contributed by atoms with Crippen molar-refractivity contribution in [3.05, 3.63) is 0 Å². The molecule has 2 heteroatoms. The van der Waals surface area contributed by atoms with Crippen LogP contribution in [0.5, 0.6) is 0 Å². The van der Waals surface area contributed by atoms with Crippen LogP contribution in [0.3, 0.4) is 0 Å². The maximum absolute atomic E-state index is 11.7. The Morgan fingerprint density at radius 2 is 1.47 bits per heavy atom. The molecule has 100 valence electrons. The molecule has 0 aromatic rings. The van der Waals surface area contributed by atoms with Crippen LogP contribution in [-0.4, -0.2) is 11.1 Å². The zero-order valence-corrected chi connectivity index (χ0v) is 12.3. The summed E-state index contributed by atoms with van der Waals surface area (Å²) in [5.41, 5.74) is -0.362. The number of carbonyl (C=O) groups is 1. The fourth-order valence-electron chi connectivity index (χ4n) is 3.26. The lowest BCUT2D eigenvalue weighted by molar-refractivity contribution is -0.161. The van der Waals surface area contributed by atoms with E-state index in [1.165, 1.54) is 0 Å². The Hall–Kier alpha value is -0.530. The predicted molar refractivity (Wildman–Crippen MR) is 70.9 cm³/mol. The number of rotatable bonds is 1. The monoisotopic (exact) mass is 240 g/mol. The van der Waals surface area contributed by atoms with Crippen LogP contribution >= 0.6 is 0 Å². The van der Waals surface area contributed by atoms with E-state index in [2.05, 4.69) is 41.5 Å². The molecular formula is C15H28O2. The Bertz CT molecular complexity index is 283. The lowest BCUT2D eigenvalue weighted by atomic mass is 9.55. The third-order valence-electron chi connectivity index (χ3n) is 4.91. The summed E-state index contributed by atoms with van der Waals surface area (Å²) in [6.45, 7) is 13.0. The van der Waals surface area contributed by atoms with Crippen LogP contribution in [0, 0.1) is 22.2 Å². The third kappa shape index (κ3) is 2.66. The molecule has 1 aliphatic rings. The molecule has 1 N–H and O–H groups in total. The Morgan fingerprint density at radius 1 is 1.06 bits per heavy atom. The van der Waals surface area contributed by atoms with E-state index >= 15 is 0 Å². The molecule has 0 unspecified atom stereocenters. The molecule has 0 spiro atoms. The Morgan fingerprint density at radius 3 is 1.71 bits per heavy atom. The van der Waals surface area contributed by atoms with E-state index in [1.807, 2.05) is 0 Å². The zero-order valence-electron chi connectivity index (χ0n) is 12.3. The van der Waals surface area contributed by atoms with Gasteiger partial charge in [0.1, 0.15) is 0 Å². The van der Waals surface area contributed by atoms with Crippen LogP contribution in [0.2, 0.25) is 0 Å². The van der Waals surface area contributed by atoms with E-state index in [0.29, 0.717) is 11.3 Å². The number of hydrogen-bond donors (Lipinski definition) is 1. The first-order valence-corrected chi connectivity index (χ1v) is 6.74. The van der Waals surface area contributed by atoms with E-state index < -0.39 is 11.4 Å². The first kappa shape index (κ1) is 14.5. The van der Waals surface area contributed by atoms with E-state index in [4.69, 9.17) is 0 Å². The van der Waals surface area contributed by atoms with Crippen molar-refractivity contribution in [1.29, 1.82) is 0 Å². The van der Waals surface area contributed by atoms with Crippen molar-refractivity contribution in [2.45, 2.75) is 67.2 Å². The van der Waals surface area contributed by atoms with Gasteiger partial charge in [0.05, 0.1) is 5.41 Å². The molecule has 0 bridgehead atoms. The molecule has 1 saturated carbocycles. The average molecular weight is 240 g/mol. The second-order valence-corrected chi connectivity index (χ2v) is 7.78. The van der Waals surface area contributed by atoms with Gasteiger partial charge >= 0.3 is 5.97 Å². The van der Waals surface area contributed by atoms with Crippen molar-refractivity contribution in [2.75, 3.05) is 0 Å². The Kier molecular flexibility index (Phi) is 3.67. The molecule has 0 aliphatic heterocycles. The van der Waals surface area contributed by atoms with Gasteiger partial charge in [-0.15, -0.1) is 0 Å². The first-order valence-electron chi connectivity index (χ1n) is 6.74. The molecule has 1 fully saturated rings. The molecular weight excluding hydrogens is 212 g/mol. The van der Waals surface area contributed by atoms with E-state index in [1.54, 1.807) is 0 Å². The van der Waals surface area contributed by atoms with Gasteiger partial charge in [-0.3, -0.25) is 4.79 Å². The highest BCUT2D eigenvalue weighted by atomic mass is 16.4. The van der Waals surface area contributed by atoms with Gasteiger partial charge in [-0.05, 0) is 42.4 Å². The standard InChI is InChI=1S/C15H28O2/c1-13(2,3)11-7-9-15(10-8-11,12(16)17)14(4,5)6/h11H,7-10H2,1-6H3,(H,16,17). The summed E-state index contributed by atoms with van der Waals surface area (Å²) < 4.78 is 0. The first-order chi connectivity index (χ1) is 7.51. The van der Waals surface area contributed by atoms with Gasteiger partial charge in [0.2, 0.25) is 0 Å². The fraction of sp³-hybridized carbons (Fsp3) is 0.933. The quantitative estimate of drug-likeness (QED) is 0.740. The molecule has 17 heavy (non-hydrogen) atoms. The summed E-state index contributed by atoms with van der Waals surface area (Å²) in [6.07, 6.45) is 3.75. The molecule has 0 heterocycles. The smallest absolute Gasteiger partial charge is 0.310 e. The largest absolute Gasteiger partial charge is 0.481 e. The normalized spacial score (nSPS) is 31.3. The highest BCUT2D eigenvalue weighted by molar-refractivity contribution is 5.75. The summed E-state index contributed by atoms with van der Waals surface area (Å²) in [5, 5.41) is 9.61. The molecule has 2 nitrogen and oxygen atoms in total. The fourth-order valence-corrected chi connectivity index (χ4v) is 3.26. The van der Waals surface area contributed by atoms with E-state index in [0.717, 1.165) is 25.7 Å². The highest BCUT2D eigenvalue weighted by Crippen LogP contribution is 2.53. The Labute approximate surface area is 106 Å². The summed E-state index contributed by atoms with van der Waals surface area (Å²) in [5.74, 6) is 0.0645. The molecule has 0 radical (unpaired) electrons. The van der Waals surface area contributed by atoms with Gasteiger partial charge < -0.3 is 5.11 Å². The van der Waals surface area contributed by atoms with Gasteiger partial charge in [-0.2, -0.15) is 0 Å². The van der Waals surface area contributed by atoms with Gasteiger partial charge in [0.25, 0.3) is 0 Å². The van der Waals surface area contributed by atoms with Crippen LogP contribution in [0.4, 0.5) is 0 Å². The van der Waals surface area contributed by atoms with Gasteiger partial charge in [0, 0.05) is 0 Å². The number of carboxylic acid groups (broad SMARTS) is 1. The second-order valence-electron chi connectivity index (χ2n) is 7.78. The summed E-state index contributed by atoms with van der Waals surface area (Å²) >= 11 is 0. The van der Waals surface area contributed by atoms with Crippen LogP contribution in [0.1, 0.15) is 67.2 Å².